The summed E-state index contributed by atoms with van der Waals surface area (Å²) in [5.41, 5.74) is -9.22. The van der Waals surface area contributed by atoms with Crippen LogP contribution in [0.1, 0.15) is 27.8 Å². The number of benzene rings is 5. The molecule has 0 atom stereocenters. The zero-order chi connectivity index (χ0) is 41.9. The van der Waals surface area contributed by atoms with Crippen molar-refractivity contribution in [2.45, 2.75) is 30.9 Å². The van der Waals surface area contributed by atoms with Crippen LogP contribution in [-0.4, -0.2) is 14.1 Å². The van der Waals surface area contributed by atoms with Crippen LogP contribution in [0, 0.1) is 0 Å². The van der Waals surface area contributed by atoms with Crippen LogP contribution in [0.25, 0.3) is 66.2 Å². The first kappa shape index (κ1) is 38.7. The quantitative estimate of drug-likeness (QED) is 0.163. The van der Waals surface area contributed by atoms with Gasteiger partial charge in [0.25, 0.3) is 0 Å². The van der Waals surface area contributed by atoms with Gasteiger partial charge in [-0.1, -0.05) is 6.07 Å². The molecule has 0 bridgehead atoms. The average molecular weight is 826 g/mol. The maximum Gasteiger partial charge on any atom is 0.417 e. The lowest BCUT2D eigenvalue weighted by Crippen LogP contribution is -2.12. The van der Waals surface area contributed by atoms with Crippen LogP contribution in [0.2, 0.25) is 0 Å². The number of alkyl halides is 15. The van der Waals surface area contributed by atoms with Gasteiger partial charge in [-0.15, -0.1) is 0 Å². The predicted octanol–water partition coefficient (Wildman–Crippen LogP) is 14.0. The lowest BCUT2D eigenvalue weighted by atomic mass is 9.99. The molecule has 0 saturated carbocycles. The van der Waals surface area contributed by atoms with Gasteiger partial charge >= 0.3 is 30.9 Å². The Balaban J connectivity index is 1.50. The molecule has 0 saturated heterocycles. The van der Waals surface area contributed by atoms with Gasteiger partial charge in [0.2, 0.25) is 0 Å². The number of halogens is 15. The van der Waals surface area contributed by atoms with Crippen molar-refractivity contribution in [1.82, 2.24) is 14.1 Å². The molecule has 0 aliphatic rings. The summed E-state index contributed by atoms with van der Waals surface area (Å²) < 4.78 is 214. The zero-order valence-corrected chi connectivity index (χ0v) is 28.4. The van der Waals surface area contributed by atoms with Gasteiger partial charge in [-0.3, -0.25) is 4.98 Å². The SMILES string of the molecule is FC(F)(F)c1ccc2c(c1)c1cc(C(F)(F)F)ccc1n2-c1cccnc1-c1c(-n2c3ccc(C(F)(F)F)cc3c3cc(C(F)(F)F)ccc32)cccc1C(F)(F)F. The van der Waals surface area contributed by atoms with Gasteiger partial charge in [-0.05, 0) is 97.1 Å². The molecule has 0 spiro atoms. The smallest absolute Gasteiger partial charge is 0.309 e. The van der Waals surface area contributed by atoms with Crippen molar-refractivity contribution in [2.75, 3.05) is 0 Å². The highest BCUT2D eigenvalue weighted by Crippen LogP contribution is 2.47. The van der Waals surface area contributed by atoms with Gasteiger partial charge < -0.3 is 9.13 Å². The van der Waals surface area contributed by atoms with Gasteiger partial charge in [0.15, 0.2) is 0 Å². The molecule has 5 aromatic carbocycles. The molecule has 298 valence electrons. The van der Waals surface area contributed by atoms with Gasteiger partial charge in [-0.2, -0.15) is 65.9 Å². The van der Waals surface area contributed by atoms with E-state index in [1.165, 1.54) is 12.1 Å². The van der Waals surface area contributed by atoms with Crippen LogP contribution in [-0.2, 0) is 30.9 Å². The number of hydrogen-bond donors (Lipinski definition) is 0. The molecule has 0 N–H and O–H groups in total. The summed E-state index contributed by atoms with van der Waals surface area (Å²) in [7, 11) is 0. The highest BCUT2D eigenvalue weighted by molar-refractivity contribution is 6.12. The van der Waals surface area contributed by atoms with Crippen molar-refractivity contribution >= 4 is 43.6 Å². The molecule has 0 radical (unpaired) electrons. The number of pyridine rings is 1. The van der Waals surface area contributed by atoms with E-state index in [9.17, 15) is 52.7 Å². The maximum absolute atomic E-state index is 15.1. The van der Waals surface area contributed by atoms with E-state index in [0.717, 1.165) is 51.7 Å². The van der Waals surface area contributed by atoms with Crippen molar-refractivity contribution in [3.8, 4) is 22.6 Å². The standard InChI is InChI=1S/C40H18F15N3/c41-36(42,43)19-6-10-28-23(15-19)24-16-20(37(44,45)46)7-11-29(24)57(28)32-4-1-3-27(40(53,54)55)34(32)35-33(5-2-14-56-35)58-30-12-8-21(38(47,48)49)17-25(30)26-18-22(39(50,51)52)9-13-31(26)58/h1-18H. The minimum absolute atomic E-state index is 0.168. The van der Waals surface area contributed by atoms with Gasteiger partial charge in [0.05, 0.1) is 67.0 Å². The molecule has 3 nitrogen and oxygen atoms in total. The molecule has 3 heterocycles. The predicted molar refractivity (Wildman–Crippen MR) is 183 cm³/mol. The molecule has 0 aliphatic heterocycles. The first-order valence-electron chi connectivity index (χ1n) is 16.6. The summed E-state index contributed by atoms with van der Waals surface area (Å²) in [6.07, 6.45) is -24.0. The van der Waals surface area contributed by atoms with Crippen molar-refractivity contribution in [1.29, 1.82) is 0 Å². The van der Waals surface area contributed by atoms with Crippen molar-refractivity contribution in [2.24, 2.45) is 0 Å². The van der Waals surface area contributed by atoms with Gasteiger partial charge in [0.1, 0.15) is 0 Å². The van der Waals surface area contributed by atoms with Crippen LogP contribution in [0.3, 0.4) is 0 Å². The third-order valence-electron chi connectivity index (χ3n) is 9.69. The number of rotatable bonds is 3. The van der Waals surface area contributed by atoms with E-state index in [4.69, 9.17) is 0 Å². The topological polar surface area (TPSA) is 22.8 Å². The van der Waals surface area contributed by atoms with Crippen LogP contribution in [0.5, 0.6) is 0 Å². The molecular formula is C40H18F15N3. The normalized spacial score (nSPS) is 13.4. The van der Waals surface area contributed by atoms with Crippen molar-refractivity contribution in [3.05, 3.63) is 137 Å². The van der Waals surface area contributed by atoms with Crippen molar-refractivity contribution in [3.63, 3.8) is 0 Å². The minimum Gasteiger partial charge on any atom is -0.309 e. The molecule has 58 heavy (non-hydrogen) atoms. The Kier molecular flexibility index (Phi) is 8.43. The molecule has 0 fully saturated rings. The van der Waals surface area contributed by atoms with E-state index in [2.05, 4.69) is 4.98 Å². The summed E-state index contributed by atoms with van der Waals surface area (Å²) >= 11 is 0. The molecular weight excluding hydrogens is 807 g/mol. The van der Waals surface area contributed by atoms with Crippen LogP contribution < -0.4 is 0 Å². The number of aromatic nitrogens is 3. The van der Waals surface area contributed by atoms with E-state index in [0.29, 0.717) is 54.6 Å². The summed E-state index contributed by atoms with van der Waals surface area (Å²) in [6.45, 7) is 0. The minimum atomic E-state index is -5.21. The fourth-order valence-corrected chi connectivity index (χ4v) is 7.25. The Morgan fingerprint density at radius 2 is 0.707 bits per heavy atom. The highest BCUT2D eigenvalue weighted by atomic mass is 19.4. The maximum atomic E-state index is 15.1. The third-order valence-corrected chi connectivity index (χ3v) is 9.69. The molecule has 0 unspecified atom stereocenters. The van der Waals surface area contributed by atoms with Crippen LogP contribution in [0.4, 0.5) is 65.9 Å². The number of nitrogens with zero attached hydrogens (tertiary/aromatic N) is 3. The fraction of sp³-hybridized carbons (Fsp3) is 0.125. The molecule has 0 amide bonds. The van der Waals surface area contributed by atoms with Crippen molar-refractivity contribution < 1.29 is 65.9 Å². The van der Waals surface area contributed by atoms with E-state index < -0.39 is 86.4 Å². The summed E-state index contributed by atoms with van der Waals surface area (Å²) in [5, 5.41) is -1.50. The lowest BCUT2D eigenvalue weighted by Gasteiger charge is -2.21. The molecule has 18 heteroatoms. The first-order chi connectivity index (χ1) is 26.9. The number of hydrogen-bond acceptors (Lipinski definition) is 1. The summed E-state index contributed by atoms with van der Waals surface area (Å²) in [6, 6.07) is 13.6. The van der Waals surface area contributed by atoms with Crippen LogP contribution in [0.15, 0.2) is 109 Å². The van der Waals surface area contributed by atoms with E-state index >= 15 is 13.2 Å². The Hall–Kier alpha value is -6.20. The Bertz CT molecular complexity index is 2800. The second kappa shape index (κ2) is 12.6. The molecule has 3 aromatic heterocycles. The Morgan fingerprint density at radius 3 is 1.05 bits per heavy atom. The molecule has 0 aliphatic carbocycles. The fourth-order valence-electron chi connectivity index (χ4n) is 7.25. The van der Waals surface area contributed by atoms with Gasteiger partial charge in [-0.25, -0.2) is 0 Å². The van der Waals surface area contributed by atoms with Gasteiger partial charge in [0, 0.05) is 33.3 Å². The molecule has 8 aromatic rings. The monoisotopic (exact) mass is 825 g/mol. The lowest BCUT2D eigenvalue weighted by molar-refractivity contribution is -0.138. The third kappa shape index (κ3) is 6.34. The second-order valence-corrected chi connectivity index (χ2v) is 13.2. The number of fused-ring (bicyclic) bond motifs is 6. The Labute approximate surface area is 314 Å². The summed E-state index contributed by atoms with van der Waals surface area (Å²) in [5.74, 6) is 0. The highest BCUT2D eigenvalue weighted by Gasteiger charge is 2.39. The molecule has 8 rings (SSSR count). The van der Waals surface area contributed by atoms with E-state index in [1.807, 2.05) is 0 Å². The second-order valence-electron chi connectivity index (χ2n) is 13.2. The van der Waals surface area contributed by atoms with E-state index in [-0.39, 0.29) is 38.5 Å². The first-order valence-corrected chi connectivity index (χ1v) is 16.6. The van der Waals surface area contributed by atoms with E-state index in [1.54, 1.807) is 0 Å². The van der Waals surface area contributed by atoms with Crippen LogP contribution >= 0.6 is 0 Å². The summed E-state index contributed by atoms with van der Waals surface area (Å²) in [4.78, 5) is 4.24. The largest absolute Gasteiger partial charge is 0.417 e. The zero-order valence-electron chi connectivity index (χ0n) is 28.4. The Morgan fingerprint density at radius 1 is 0.362 bits per heavy atom. The average Bonchev–Trinajstić information content (AvgIpc) is 3.64.